The Labute approximate surface area is 132 Å². The van der Waals surface area contributed by atoms with Gasteiger partial charge in [0.25, 0.3) is 0 Å². The van der Waals surface area contributed by atoms with Crippen LogP contribution in [-0.4, -0.2) is 11.0 Å². The molecular formula is C19H23NO2. The molecule has 3 heteroatoms. The Hall–Kier alpha value is -2.29. The number of aryl methyl sites for hydroxylation is 2. The van der Waals surface area contributed by atoms with Crippen LogP contribution in [0.1, 0.15) is 36.5 Å². The van der Waals surface area contributed by atoms with Crippen LogP contribution in [0.5, 0.6) is 5.75 Å². The summed E-state index contributed by atoms with van der Waals surface area (Å²) in [5, 5.41) is 12.6. The van der Waals surface area contributed by atoms with E-state index in [4.69, 9.17) is 0 Å². The predicted molar refractivity (Wildman–Crippen MR) is 90.2 cm³/mol. The van der Waals surface area contributed by atoms with E-state index < -0.39 is 0 Å². The molecule has 22 heavy (non-hydrogen) atoms. The molecule has 0 aromatic heterocycles. The van der Waals surface area contributed by atoms with E-state index in [9.17, 15) is 9.90 Å². The molecule has 0 radical (unpaired) electrons. The van der Waals surface area contributed by atoms with Crippen molar-refractivity contribution in [2.75, 3.05) is 5.32 Å². The van der Waals surface area contributed by atoms with E-state index in [2.05, 4.69) is 24.4 Å². The standard InChI is InChI=1S/C19H23NO2/c1-3-4-5-15-7-9-16(10-8-15)13-19(22)20-17-11-6-14(2)12-18(17)21/h6-12,21H,3-5,13H2,1-2H3,(H,20,22). The highest BCUT2D eigenvalue weighted by Gasteiger charge is 2.07. The molecule has 1 amide bonds. The molecule has 2 N–H and O–H groups in total. The first-order chi connectivity index (χ1) is 10.6. The van der Waals surface area contributed by atoms with Gasteiger partial charge >= 0.3 is 0 Å². The summed E-state index contributed by atoms with van der Waals surface area (Å²) >= 11 is 0. The number of nitrogens with one attached hydrogen (secondary N) is 1. The second-order valence-electron chi connectivity index (χ2n) is 5.67. The molecule has 0 saturated heterocycles. The van der Waals surface area contributed by atoms with E-state index in [1.165, 1.54) is 18.4 Å². The summed E-state index contributed by atoms with van der Waals surface area (Å²) in [6.07, 6.45) is 3.76. The molecule has 0 bridgehead atoms. The molecule has 2 rings (SSSR count). The highest BCUT2D eigenvalue weighted by atomic mass is 16.3. The van der Waals surface area contributed by atoms with Gasteiger partial charge in [-0.3, -0.25) is 4.79 Å². The van der Waals surface area contributed by atoms with Gasteiger partial charge in [0, 0.05) is 0 Å². The highest BCUT2D eigenvalue weighted by molar-refractivity contribution is 5.93. The molecule has 0 aliphatic carbocycles. The van der Waals surface area contributed by atoms with E-state index in [-0.39, 0.29) is 11.7 Å². The molecule has 0 atom stereocenters. The maximum atomic E-state index is 12.1. The van der Waals surface area contributed by atoms with Crippen molar-refractivity contribution >= 4 is 11.6 Å². The van der Waals surface area contributed by atoms with Crippen molar-refractivity contribution in [1.82, 2.24) is 0 Å². The SMILES string of the molecule is CCCCc1ccc(CC(=O)Nc2ccc(C)cc2O)cc1. The quantitative estimate of drug-likeness (QED) is 0.784. The summed E-state index contributed by atoms with van der Waals surface area (Å²) in [4.78, 5) is 12.1. The Morgan fingerprint density at radius 3 is 2.41 bits per heavy atom. The van der Waals surface area contributed by atoms with Crippen molar-refractivity contribution in [2.24, 2.45) is 0 Å². The van der Waals surface area contributed by atoms with Crippen molar-refractivity contribution in [1.29, 1.82) is 0 Å². The molecule has 0 aliphatic rings. The van der Waals surface area contributed by atoms with Gasteiger partial charge in [0.15, 0.2) is 0 Å². The van der Waals surface area contributed by atoms with Gasteiger partial charge in [-0.05, 0) is 48.6 Å². The molecular weight excluding hydrogens is 274 g/mol. The first-order valence-corrected chi connectivity index (χ1v) is 7.75. The third-order valence-electron chi connectivity index (χ3n) is 3.63. The normalized spacial score (nSPS) is 10.5. The molecule has 3 nitrogen and oxygen atoms in total. The summed E-state index contributed by atoms with van der Waals surface area (Å²) in [5.74, 6) is -0.0243. The minimum absolute atomic E-state index is 0.100. The lowest BCUT2D eigenvalue weighted by atomic mass is 10.0. The van der Waals surface area contributed by atoms with E-state index in [1.54, 1.807) is 12.1 Å². The minimum atomic E-state index is -0.125. The Balaban J connectivity index is 1.94. The van der Waals surface area contributed by atoms with Crippen LogP contribution in [-0.2, 0) is 17.6 Å². The third kappa shape index (κ3) is 4.62. The Bertz CT molecular complexity index is 632. The highest BCUT2D eigenvalue weighted by Crippen LogP contribution is 2.24. The molecule has 2 aromatic carbocycles. The van der Waals surface area contributed by atoms with Gasteiger partial charge in [0.05, 0.1) is 12.1 Å². The van der Waals surface area contributed by atoms with Gasteiger partial charge < -0.3 is 10.4 Å². The van der Waals surface area contributed by atoms with Crippen LogP contribution in [0.4, 0.5) is 5.69 Å². The number of phenolic OH excluding ortho intramolecular Hbond substituents is 1. The topological polar surface area (TPSA) is 49.3 Å². The van der Waals surface area contributed by atoms with Crippen molar-refractivity contribution in [3.05, 3.63) is 59.2 Å². The van der Waals surface area contributed by atoms with Gasteiger partial charge in [0.1, 0.15) is 5.75 Å². The number of hydrogen-bond acceptors (Lipinski definition) is 2. The predicted octanol–water partition coefficient (Wildman–Crippen LogP) is 4.22. The van der Waals surface area contributed by atoms with Crippen LogP contribution in [0.3, 0.4) is 0 Å². The maximum Gasteiger partial charge on any atom is 0.228 e. The monoisotopic (exact) mass is 297 g/mol. The number of aromatic hydroxyl groups is 1. The molecule has 0 unspecified atom stereocenters. The average Bonchev–Trinajstić information content (AvgIpc) is 2.49. The number of benzene rings is 2. The summed E-state index contributed by atoms with van der Waals surface area (Å²) in [6, 6.07) is 13.4. The second-order valence-corrected chi connectivity index (χ2v) is 5.67. The van der Waals surface area contributed by atoms with Gasteiger partial charge in [-0.25, -0.2) is 0 Å². The first kappa shape index (κ1) is 16.1. The first-order valence-electron chi connectivity index (χ1n) is 7.75. The number of hydrogen-bond donors (Lipinski definition) is 2. The number of amides is 1. The summed E-state index contributed by atoms with van der Waals surface area (Å²) < 4.78 is 0. The number of carbonyl (C=O) groups excluding carboxylic acids is 1. The molecule has 0 aliphatic heterocycles. The van der Waals surface area contributed by atoms with Gasteiger partial charge in [-0.15, -0.1) is 0 Å². The Morgan fingerprint density at radius 1 is 1.09 bits per heavy atom. The lowest BCUT2D eigenvalue weighted by Crippen LogP contribution is -2.14. The number of rotatable bonds is 6. The third-order valence-corrected chi connectivity index (χ3v) is 3.63. The van der Waals surface area contributed by atoms with E-state index in [0.29, 0.717) is 12.1 Å². The zero-order valence-electron chi connectivity index (χ0n) is 13.2. The van der Waals surface area contributed by atoms with Crippen LogP contribution in [0.15, 0.2) is 42.5 Å². The van der Waals surface area contributed by atoms with E-state index >= 15 is 0 Å². The van der Waals surface area contributed by atoms with E-state index in [0.717, 1.165) is 17.5 Å². The van der Waals surface area contributed by atoms with Crippen LogP contribution in [0, 0.1) is 6.92 Å². The number of carbonyl (C=O) groups is 1. The molecule has 0 spiro atoms. The Morgan fingerprint density at radius 2 is 1.77 bits per heavy atom. The minimum Gasteiger partial charge on any atom is -0.506 e. The van der Waals surface area contributed by atoms with Crippen molar-refractivity contribution < 1.29 is 9.90 Å². The lowest BCUT2D eigenvalue weighted by molar-refractivity contribution is -0.115. The lowest BCUT2D eigenvalue weighted by Gasteiger charge is -2.08. The van der Waals surface area contributed by atoms with Crippen molar-refractivity contribution in [3.8, 4) is 5.75 Å². The van der Waals surface area contributed by atoms with Crippen LogP contribution in [0.25, 0.3) is 0 Å². The van der Waals surface area contributed by atoms with Gasteiger partial charge in [-0.2, -0.15) is 0 Å². The molecule has 0 fully saturated rings. The summed E-state index contributed by atoms with van der Waals surface area (Å²) in [6.45, 7) is 4.07. The zero-order chi connectivity index (χ0) is 15.9. The largest absolute Gasteiger partial charge is 0.506 e. The van der Waals surface area contributed by atoms with Crippen molar-refractivity contribution in [2.45, 2.75) is 39.5 Å². The molecule has 0 saturated carbocycles. The maximum absolute atomic E-state index is 12.1. The number of anilines is 1. The van der Waals surface area contributed by atoms with Crippen LogP contribution < -0.4 is 5.32 Å². The van der Waals surface area contributed by atoms with Crippen LogP contribution in [0.2, 0.25) is 0 Å². The average molecular weight is 297 g/mol. The van der Waals surface area contributed by atoms with Gasteiger partial charge in [-0.1, -0.05) is 43.7 Å². The fourth-order valence-corrected chi connectivity index (χ4v) is 2.33. The summed E-state index contributed by atoms with van der Waals surface area (Å²) in [7, 11) is 0. The summed E-state index contributed by atoms with van der Waals surface area (Å²) in [5.41, 5.74) is 3.69. The van der Waals surface area contributed by atoms with E-state index in [1.807, 2.05) is 25.1 Å². The molecule has 2 aromatic rings. The smallest absolute Gasteiger partial charge is 0.228 e. The Kier molecular flexibility index (Phi) is 5.59. The number of unbranched alkanes of at least 4 members (excludes halogenated alkanes) is 1. The number of phenols is 1. The molecule has 0 heterocycles. The fourth-order valence-electron chi connectivity index (χ4n) is 2.33. The molecule has 116 valence electrons. The zero-order valence-corrected chi connectivity index (χ0v) is 13.2. The van der Waals surface area contributed by atoms with Gasteiger partial charge in [0.2, 0.25) is 5.91 Å². The van der Waals surface area contributed by atoms with Crippen LogP contribution >= 0.6 is 0 Å². The van der Waals surface area contributed by atoms with Crippen molar-refractivity contribution in [3.63, 3.8) is 0 Å². The fraction of sp³-hybridized carbons (Fsp3) is 0.316. The second kappa shape index (κ2) is 7.64.